The van der Waals surface area contributed by atoms with Crippen molar-refractivity contribution >= 4 is 19.0 Å². The van der Waals surface area contributed by atoms with E-state index in [1.807, 2.05) is 0 Å². The number of benzene rings is 1. The van der Waals surface area contributed by atoms with Gasteiger partial charge in [-0.05, 0) is 18.5 Å². The van der Waals surface area contributed by atoms with Crippen molar-refractivity contribution in [1.82, 2.24) is 0 Å². The van der Waals surface area contributed by atoms with Gasteiger partial charge in [-0.2, -0.15) is 0 Å². The largest absolute Gasteiger partial charge is 0.385 e. The minimum Gasteiger partial charge on any atom is -0.385 e. The summed E-state index contributed by atoms with van der Waals surface area (Å²) in [5.74, 6) is 0.475. The quantitative estimate of drug-likeness (QED) is 0.567. The zero-order valence-corrected chi connectivity index (χ0v) is 13.6. The van der Waals surface area contributed by atoms with E-state index < -0.39 is 8.07 Å². The van der Waals surface area contributed by atoms with Gasteiger partial charge in [0.25, 0.3) is 0 Å². The molecule has 1 aromatic rings. The predicted octanol–water partition coefficient (Wildman–Crippen LogP) is 3.52. The first-order valence-electron chi connectivity index (χ1n) is 7.83. The van der Waals surface area contributed by atoms with Crippen LogP contribution in [0.25, 0.3) is 0 Å². The molecule has 2 rings (SSSR count). The molecule has 0 N–H and O–H groups in total. The van der Waals surface area contributed by atoms with E-state index in [2.05, 4.69) is 30.3 Å². The third-order valence-corrected chi connectivity index (χ3v) is 9.94. The first kappa shape index (κ1) is 15.5. The van der Waals surface area contributed by atoms with Gasteiger partial charge in [-0.25, -0.2) is 0 Å². The Labute approximate surface area is 123 Å². The lowest BCUT2D eigenvalue weighted by Gasteiger charge is -2.35. The molecule has 1 fully saturated rings. The van der Waals surface area contributed by atoms with E-state index in [-0.39, 0.29) is 0 Å². The number of carbonyl (C=O) groups is 1. The lowest BCUT2D eigenvalue weighted by molar-refractivity contribution is -0.118. The van der Waals surface area contributed by atoms with Crippen LogP contribution in [0.2, 0.25) is 18.1 Å². The summed E-state index contributed by atoms with van der Waals surface area (Å²) < 4.78 is 5.12. The molecule has 1 heterocycles. The fraction of sp³-hybridized carbons (Fsp3) is 0.588. The van der Waals surface area contributed by atoms with Gasteiger partial charge in [-0.1, -0.05) is 54.4 Å². The van der Waals surface area contributed by atoms with E-state index in [0.29, 0.717) is 5.78 Å². The highest BCUT2D eigenvalue weighted by molar-refractivity contribution is 6.92. The van der Waals surface area contributed by atoms with E-state index in [1.54, 1.807) is 12.3 Å². The smallest absolute Gasteiger partial charge is 0.132 e. The number of Topliss-reactive ketones (excluding diaryl/α,β-unsaturated/α-hetero) is 1. The Bertz CT molecular complexity index is 406. The van der Waals surface area contributed by atoms with Gasteiger partial charge in [0, 0.05) is 26.6 Å². The molecule has 0 unspecified atom stereocenters. The van der Waals surface area contributed by atoms with Crippen LogP contribution in [0.4, 0.5) is 0 Å². The molecule has 2 nitrogen and oxygen atoms in total. The van der Waals surface area contributed by atoms with Crippen molar-refractivity contribution in [2.45, 2.75) is 50.2 Å². The summed E-state index contributed by atoms with van der Waals surface area (Å²) in [7, 11) is 0.348. The van der Waals surface area contributed by atoms with E-state index in [0.717, 1.165) is 25.9 Å². The van der Waals surface area contributed by atoms with Crippen molar-refractivity contribution in [1.29, 1.82) is 0 Å². The van der Waals surface area contributed by atoms with Gasteiger partial charge in [-0.3, -0.25) is 4.79 Å². The molecule has 0 aromatic heterocycles. The van der Waals surface area contributed by atoms with Crippen molar-refractivity contribution in [3.8, 4) is 0 Å². The third kappa shape index (κ3) is 4.03. The average Bonchev–Trinajstić information content (AvgIpc) is 2.50. The minimum absolute atomic E-state index is 0.475. The molecule has 0 spiro atoms. The van der Waals surface area contributed by atoms with Crippen molar-refractivity contribution in [2.75, 3.05) is 13.7 Å². The Balaban J connectivity index is 1.99. The van der Waals surface area contributed by atoms with Crippen LogP contribution in [0.3, 0.4) is 0 Å². The lowest BCUT2D eigenvalue weighted by atomic mass is 10.2. The highest BCUT2D eigenvalue weighted by atomic mass is 28.3. The average molecular weight is 290 g/mol. The Morgan fingerprint density at radius 1 is 1.05 bits per heavy atom. The molecule has 0 amide bonds. The second-order valence-corrected chi connectivity index (χ2v) is 10.6. The van der Waals surface area contributed by atoms with Crippen LogP contribution in [0.15, 0.2) is 30.3 Å². The molecular weight excluding hydrogens is 264 g/mol. The van der Waals surface area contributed by atoms with E-state index in [9.17, 15) is 4.79 Å². The minimum atomic E-state index is -1.42. The standard InChI is InChI=1S/C17H26O2Si/c1-19-12-6-3-7-13-20(14-10-16(18)11-15-20)17-8-4-2-5-9-17/h2,4-5,8-9H,3,6-7,10-15H2,1H3. The summed E-state index contributed by atoms with van der Waals surface area (Å²) in [5, 5.41) is 1.57. The van der Waals surface area contributed by atoms with Crippen LogP contribution in [0, 0.1) is 0 Å². The summed E-state index contributed by atoms with van der Waals surface area (Å²) in [5.41, 5.74) is 0. The molecule has 1 aromatic carbocycles. The summed E-state index contributed by atoms with van der Waals surface area (Å²) >= 11 is 0. The predicted molar refractivity (Wildman–Crippen MR) is 86.2 cm³/mol. The van der Waals surface area contributed by atoms with Gasteiger partial charge >= 0.3 is 0 Å². The Morgan fingerprint density at radius 2 is 1.75 bits per heavy atom. The summed E-state index contributed by atoms with van der Waals surface area (Å²) in [6.45, 7) is 0.873. The van der Waals surface area contributed by atoms with Crippen LogP contribution in [0.1, 0.15) is 32.1 Å². The third-order valence-electron chi connectivity index (χ3n) is 4.65. The van der Waals surface area contributed by atoms with Crippen molar-refractivity contribution < 1.29 is 9.53 Å². The van der Waals surface area contributed by atoms with Gasteiger partial charge in [-0.15, -0.1) is 0 Å². The molecule has 20 heavy (non-hydrogen) atoms. The highest BCUT2D eigenvalue weighted by Gasteiger charge is 2.37. The van der Waals surface area contributed by atoms with Crippen LogP contribution in [-0.2, 0) is 9.53 Å². The highest BCUT2D eigenvalue weighted by Crippen LogP contribution is 2.31. The maximum Gasteiger partial charge on any atom is 0.132 e. The Kier molecular flexibility index (Phi) is 5.99. The van der Waals surface area contributed by atoms with Crippen LogP contribution >= 0.6 is 0 Å². The van der Waals surface area contributed by atoms with Crippen molar-refractivity contribution in [3.63, 3.8) is 0 Å². The molecule has 3 heteroatoms. The molecule has 0 aliphatic carbocycles. The number of ketones is 1. The topological polar surface area (TPSA) is 26.3 Å². The molecule has 1 aliphatic heterocycles. The number of rotatable bonds is 7. The van der Waals surface area contributed by atoms with Gasteiger partial charge in [0.2, 0.25) is 0 Å². The molecule has 0 saturated carbocycles. The fourth-order valence-electron chi connectivity index (χ4n) is 3.37. The number of carbonyl (C=O) groups excluding carboxylic acids is 1. The van der Waals surface area contributed by atoms with Gasteiger partial charge < -0.3 is 4.74 Å². The van der Waals surface area contributed by atoms with Crippen LogP contribution in [-0.4, -0.2) is 27.6 Å². The van der Waals surface area contributed by atoms with Crippen molar-refractivity contribution in [3.05, 3.63) is 30.3 Å². The number of hydrogen-bond acceptors (Lipinski definition) is 2. The zero-order chi connectivity index (χ0) is 14.3. The van der Waals surface area contributed by atoms with Crippen LogP contribution < -0.4 is 5.19 Å². The molecule has 110 valence electrons. The summed E-state index contributed by atoms with van der Waals surface area (Å²) in [6, 6.07) is 14.7. The molecular formula is C17H26O2Si. The summed E-state index contributed by atoms with van der Waals surface area (Å²) in [4.78, 5) is 11.6. The summed E-state index contributed by atoms with van der Waals surface area (Å²) in [6.07, 6.45) is 5.34. The SMILES string of the molecule is COCCCCC[Si]1(c2ccccc2)CCC(=O)CC1. The molecule has 0 bridgehead atoms. The molecule has 0 radical (unpaired) electrons. The molecule has 1 aliphatic rings. The molecule has 1 saturated heterocycles. The number of hydrogen-bond donors (Lipinski definition) is 0. The van der Waals surface area contributed by atoms with E-state index in [4.69, 9.17) is 4.74 Å². The normalized spacial score (nSPS) is 18.1. The Morgan fingerprint density at radius 3 is 2.40 bits per heavy atom. The first-order valence-corrected chi connectivity index (χ1v) is 10.5. The lowest BCUT2D eigenvalue weighted by Crippen LogP contribution is -2.50. The van der Waals surface area contributed by atoms with Gasteiger partial charge in [0.1, 0.15) is 5.78 Å². The number of ether oxygens (including phenoxy) is 1. The zero-order valence-electron chi connectivity index (χ0n) is 12.6. The van der Waals surface area contributed by atoms with Crippen molar-refractivity contribution in [2.24, 2.45) is 0 Å². The maximum atomic E-state index is 11.6. The maximum absolute atomic E-state index is 11.6. The second-order valence-electron chi connectivity index (χ2n) is 5.99. The fourth-order valence-corrected chi connectivity index (χ4v) is 8.33. The van der Waals surface area contributed by atoms with Gasteiger partial charge in [0.15, 0.2) is 0 Å². The first-order chi connectivity index (χ1) is 9.77. The second kappa shape index (κ2) is 7.74. The molecule has 0 atom stereocenters. The van der Waals surface area contributed by atoms with Gasteiger partial charge in [0.05, 0.1) is 8.07 Å². The van der Waals surface area contributed by atoms with Crippen LogP contribution in [0.5, 0.6) is 0 Å². The number of unbranched alkanes of at least 4 members (excludes halogenated alkanes) is 2. The van der Waals surface area contributed by atoms with E-state index >= 15 is 0 Å². The van der Waals surface area contributed by atoms with E-state index in [1.165, 1.54) is 31.0 Å². The Hall–Kier alpha value is -0.933. The monoisotopic (exact) mass is 290 g/mol. The number of methoxy groups -OCH3 is 1.